The number of rotatable bonds is 2. The van der Waals surface area contributed by atoms with E-state index in [0.717, 1.165) is 29.7 Å². The molecule has 2 rings (SSSR count). The van der Waals surface area contributed by atoms with Crippen molar-refractivity contribution in [3.8, 4) is 0 Å². The summed E-state index contributed by atoms with van der Waals surface area (Å²) < 4.78 is 12.9. The van der Waals surface area contributed by atoms with Crippen molar-refractivity contribution in [3.63, 3.8) is 0 Å². The molecule has 3 heteroatoms. The molecule has 88 valence electrons. The highest BCUT2D eigenvalue weighted by atomic mass is 79.9. The van der Waals surface area contributed by atoms with Crippen LogP contribution in [0.25, 0.3) is 0 Å². The lowest BCUT2D eigenvalue weighted by molar-refractivity contribution is -0.299. The zero-order chi connectivity index (χ0) is 11.6. The Bertz CT molecular complexity index is 339. The first kappa shape index (κ1) is 12.1. The number of halogens is 1. The first-order valence-corrected chi connectivity index (χ1v) is 6.48. The second-order valence-electron chi connectivity index (χ2n) is 4.38. The summed E-state index contributed by atoms with van der Waals surface area (Å²) in [5.41, 5.74) is 1.10. The Kier molecular flexibility index (Phi) is 3.67. The summed E-state index contributed by atoms with van der Waals surface area (Å²) in [4.78, 5) is 0. The van der Waals surface area contributed by atoms with Gasteiger partial charge in [-0.3, -0.25) is 0 Å². The third-order valence-corrected chi connectivity index (χ3v) is 3.46. The van der Waals surface area contributed by atoms with E-state index in [1.807, 2.05) is 12.1 Å². The van der Waals surface area contributed by atoms with Gasteiger partial charge in [0.15, 0.2) is 5.79 Å². The van der Waals surface area contributed by atoms with Crippen LogP contribution in [0.15, 0.2) is 28.7 Å². The van der Waals surface area contributed by atoms with E-state index in [4.69, 9.17) is 9.47 Å². The van der Waals surface area contributed by atoms with Crippen LogP contribution < -0.4 is 0 Å². The normalized spacial score (nSPS) is 20.0. The second-order valence-corrected chi connectivity index (χ2v) is 5.30. The predicted molar refractivity (Wildman–Crippen MR) is 67.2 cm³/mol. The van der Waals surface area contributed by atoms with Crippen LogP contribution in [0.1, 0.15) is 25.8 Å². The topological polar surface area (TPSA) is 18.5 Å². The first-order valence-electron chi connectivity index (χ1n) is 5.69. The number of hydrogen-bond acceptors (Lipinski definition) is 2. The lowest BCUT2D eigenvalue weighted by Gasteiger charge is -2.40. The summed E-state index contributed by atoms with van der Waals surface area (Å²) in [6, 6.07) is 8.19. The molecule has 1 fully saturated rings. The molecule has 0 saturated carbocycles. The minimum absolute atomic E-state index is 0.300. The Morgan fingerprint density at radius 3 is 2.19 bits per heavy atom. The van der Waals surface area contributed by atoms with E-state index in [0.29, 0.717) is 5.92 Å². The summed E-state index contributed by atoms with van der Waals surface area (Å²) in [5.74, 6) is -0.257. The molecule has 1 heterocycles. The van der Waals surface area contributed by atoms with Crippen molar-refractivity contribution in [1.29, 1.82) is 0 Å². The number of hydrogen-bond donors (Lipinski definition) is 0. The quantitative estimate of drug-likeness (QED) is 0.825. The van der Waals surface area contributed by atoms with Gasteiger partial charge in [-0.25, -0.2) is 0 Å². The number of ether oxygens (including phenoxy) is 2. The fraction of sp³-hybridized carbons (Fsp3) is 0.538. The lowest BCUT2D eigenvalue weighted by Crippen LogP contribution is -2.42. The Morgan fingerprint density at radius 1 is 1.12 bits per heavy atom. The smallest absolute Gasteiger partial charge is 0.197 e. The molecule has 2 nitrogen and oxygen atoms in total. The molecule has 0 aliphatic carbocycles. The molecule has 1 aliphatic heterocycles. The van der Waals surface area contributed by atoms with Gasteiger partial charge < -0.3 is 9.47 Å². The van der Waals surface area contributed by atoms with Crippen LogP contribution in [-0.2, 0) is 15.3 Å². The first-order chi connectivity index (χ1) is 7.65. The summed E-state index contributed by atoms with van der Waals surface area (Å²) in [5, 5.41) is 0. The molecule has 0 unspecified atom stereocenters. The van der Waals surface area contributed by atoms with Crippen LogP contribution in [0.3, 0.4) is 0 Å². The molecule has 1 saturated heterocycles. The zero-order valence-electron chi connectivity index (χ0n) is 9.70. The molecule has 0 N–H and O–H groups in total. The number of benzene rings is 1. The SMILES string of the molecule is CC(C)C1(c2ccc(Br)cc2)OCCCO1. The van der Waals surface area contributed by atoms with Gasteiger partial charge in [0.25, 0.3) is 0 Å². The van der Waals surface area contributed by atoms with E-state index < -0.39 is 5.79 Å². The highest BCUT2D eigenvalue weighted by molar-refractivity contribution is 9.10. The van der Waals surface area contributed by atoms with Gasteiger partial charge in [-0.2, -0.15) is 0 Å². The van der Waals surface area contributed by atoms with Gasteiger partial charge in [-0.1, -0.05) is 41.9 Å². The maximum Gasteiger partial charge on any atom is 0.197 e. The molecule has 0 radical (unpaired) electrons. The molecule has 0 aromatic heterocycles. The predicted octanol–water partition coefficient (Wildman–Crippen LogP) is 3.69. The third kappa shape index (κ3) is 2.17. The average molecular weight is 285 g/mol. The fourth-order valence-electron chi connectivity index (χ4n) is 2.06. The van der Waals surface area contributed by atoms with Crippen LogP contribution in [0, 0.1) is 5.92 Å². The van der Waals surface area contributed by atoms with E-state index >= 15 is 0 Å². The van der Waals surface area contributed by atoms with Crippen molar-refractivity contribution < 1.29 is 9.47 Å². The summed E-state index contributed by atoms with van der Waals surface area (Å²) in [7, 11) is 0. The van der Waals surface area contributed by atoms with E-state index in [9.17, 15) is 0 Å². The maximum atomic E-state index is 5.92. The van der Waals surface area contributed by atoms with Crippen molar-refractivity contribution in [2.45, 2.75) is 26.1 Å². The van der Waals surface area contributed by atoms with Crippen molar-refractivity contribution in [1.82, 2.24) is 0 Å². The van der Waals surface area contributed by atoms with Crippen molar-refractivity contribution in [3.05, 3.63) is 34.3 Å². The monoisotopic (exact) mass is 284 g/mol. The molecule has 0 atom stereocenters. The van der Waals surface area contributed by atoms with Crippen LogP contribution in [0.5, 0.6) is 0 Å². The Morgan fingerprint density at radius 2 is 1.69 bits per heavy atom. The Labute approximate surface area is 105 Å². The Hall–Kier alpha value is -0.380. The van der Waals surface area contributed by atoms with E-state index in [1.54, 1.807) is 0 Å². The van der Waals surface area contributed by atoms with Gasteiger partial charge in [0.1, 0.15) is 0 Å². The van der Waals surface area contributed by atoms with Gasteiger partial charge in [0.05, 0.1) is 13.2 Å². The molecular weight excluding hydrogens is 268 g/mol. The summed E-state index contributed by atoms with van der Waals surface area (Å²) >= 11 is 3.44. The molecule has 0 bridgehead atoms. The zero-order valence-corrected chi connectivity index (χ0v) is 11.3. The van der Waals surface area contributed by atoms with Gasteiger partial charge in [0.2, 0.25) is 0 Å². The van der Waals surface area contributed by atoms with Crippen molar-refractivity contribution >= 4 is 15.9 Å². The second kappa shape index (κ2) is 4.86. The third-order valence-electron chi connectivity index (χ3n) is 2.93. The van der Waals surface area contributed by atoms with E-state index in [-0.39, 0.29) is 0 Å². The van der Waals surface area contributed by atoms with Crippen LogP contribution in [0.2, 0.25) is 0 Å². The lowest BCUT2D eigenvalue weighted by atomic mass is 9.93. The minimum atomic E-state index is -0.557. The maximum absolute atomic E-state index is 5.92. The highest BCUT2D eigenvalue weighted by Gasteiger charge is 2.39. The van der Waals surface area contributed by atoms with Crippen molar-refractivity contribution in [2.75, 3.05) is 13.2 Å². The van der Waals surface area contributed by atoms with Crippen molar-refractivity contribution in [2.24, 2.45) is 5.92 Å². The Balaban J connectivity index is 2.34. The molecule has 0 amide bonds. The van der Waals surface area contributed by atoms with Gasteiger partial charge in [-0.15, -0.1) is 0 Å². The van der Waals surface area contributed by atoms with Crippen LogP contribution >= 0.6 is 15.9 Å². The van der Waals surface area contributed by atoms with E-state index in [1.165, 1.54) is 0 Å². The van der Waals surface area contributed by atoms with Gasteiger partial charge in [-0.05, 0) is 18.6 Å². The molecule has 16 heavy (non-hydrogen) atoms. The average Bonchev–Trinajstić information content (AvgIpc) is 2.30. The van der Waals surface area contributed by atoms with Crippen LogP contribution in [0.4, 0.5) is 0 Å². The molecule has 1 aromatic carbocycles. The standard InChI is InChI=1S/C13H17BrO2/c1-10(2)13(15-8-3-9-16-13)11-4-6-12(14)7-5-11/h4-7,10H,3,8-9H2,1-2H3. The molecule has 1 aromatic rings. The highest BCUT2D eigenvalue weighted by Crippen LogP contribution is 2.37. The summed E-state index contributed by atoms with van der Waals surface area (Å²) in [6.07, 6.45) is 0.977. The molecule has 0 spiro atoms. The largest absolute Gasteiger partial charge is 0.346 e. The fourth-order valence-corrected chi connectivity index (χ4v) is 2.33. The van der Waals surface area contributed by atoms with Gasteiger partial charge >= 0.3 is 0 Å². The molecule has 1 aliphatic rings. The van der Waals surface area contributed by atoms with E-state index in [2.05, 4.69) is 41.9 Å². The molecular formula is C13H17BrO2. The summed E-state index contributed by atoms with van der Waals surface area (Å²) in [6.45, 7) is 5.81. The van der Waals surface area contributed by atoms with Gasteiger partial charge in [0, 0.05) is 16.0 Å². The van der Waals surface area contributed by atoms with Crippen LogP contribution in [-0.4, -0.2) is 13.2 Å². The minimum Gasteiger partial charge on any atom is -0.346 e.